The molecule has 2 aromatic heterocycles. The van der Waals surface area contributed by atoms with Crippen molar-refractivity contribution in [3.63, 3.8) is 0 Å². The Hall–Kier alpha value is -2.72. The summed E-state index contributed by atoms with van der Waals surface area (Å²) in [6, 6.07) is 5.45. The molecule has 1 saturated heterocycles. The zero-order valence-corrected chi connectivity index (χ0v) is 17.8. The number of nitrogens with one attached hydrogen (secondary N) is 3. The van der Waals surface area contributed by atoms with Crippen LogP contribution in [-0.2, 0) is 6.54 Å². The summed E-state index contributed by atoms with van der Waals surface area (Å²) in [7, 11) is 1.61. The van der Waals surface area contributed by atoms with Crippen LogP contribution in [0, 0.1) is 6.92 Å². The fraction of sp³-hybridized carbons (Fsp3) is 0.474. The van der Waals surface area contributed by atoms with E-state index in [-0.39, 0.29) is 11.9 Å². The minimum atomic E-state index is -0.232. The second-order valence-corrected chi connectivity index (χ2v) is 7.70. The number of urea groups is 1. The first-order chi connectivity index (χ1) is 14.0. The van der Waals surface area contributed by atoms with E-state index in [1.165, 1.54) is 11.5 Å². The van der Waals surface area contributed by atoms with Crippen molar-refractivity contribution in [3.05, 3.63) is 34.5 Å². The zero-order valence-electron chi connectivity index (χ0n) is 17.0. The largest absolute Gasteiger partial charge is 0.368 e. The van der Waals surface area contributed by atoms with E-state index in [0.717, 1.165) is 49.0 Å². The highest BCUT2D eigenvalue weighted by molar-refractivity contribution is 7.06. The maximum Gasteiger partial charge on any atom is 0.320 e. The average Bonchev–Trinajstić information content (AvgIpc) is 3.14. The highest BCUT2D eigenvalue weighted by Gasteiger charge is 2.20. The summed E-state index contributed by atoms with van der Waals surface area (Å²) in [4.78, 5) is 33.6. The van der Waals surface area contributed by atoms with E-state index in [1.54, 1.807) is 13.1 Å². The summed E-state index contributed by atoms with van der Waals surface area (Å²) < 4.78 is 4.30. The van der Waals surface area contributed by atoms with Gasteiger partial charge in [0.15, 0.2) is 0 Å². The van der Waals surface area contributed by atoms with E-state index >= 15 is 0 Å². The van der Waals surface area contributed by atoms with Crippen LogP contribution in [0.25, 0.3) is 0 Å². The van der Waals surface area contributed by atoms with E-state index < -0.39 is 0 Å². The molecule has 2 aromatic rings. The number of carbonyl (C=O) groups is 2. The number of carbonyl (C=O) groups excluding carboxylic acids is 2. The lowest BCUT2D eigenvalue weighted by Gasteiger charge is -2.36. The second kappa shape index (κ2) is 9.66. The van der Waals surface area contributed by atoms with Gasteiger partial charge in [-0.25, -0.2) is 9.78 Å². The molecule has 1 fully saturated rings. The van der Waals surface area contributed by atoms with Gasteiger partial charge in [-0.1, -0.05) is 0 Å². The van der Waals surface area contributed by atoms with Gasteiger partial charge >= 0.3 is 6.03 Å². The molecular formula is C19H27N7O2S. The molecule has 0 radical (unpaired) electrons. The first-order valence-corrected chi connectivity index (χ1v) is 10.4. The Morgan fingerprint density at radius 2 is 1.97 bits per heavy atom. The first-order valence-electron chi connectivity index (χ1n) is 9.67. The van der Waals surface area contributed by atoms with Crippen molar-refractivity contribution < 1.29 is 9.59 Å². The maximum absolute atomic E-state index is 11.7. The molecule has 3 heterocycles. The molecule has 3 N–H and O–H groups in total. The fourth-order valence-electron chi connectivity index (χ4n) is 3.28. The summed E-state index contributed by atoms with van der Waals surface area (Å²) in [5, 5.41) is 8.04. The summed E-state index contributed by atoms with van der Waals surface area (Å²) in [6.07, 6.45) is 0. The molecule has 10 heteroatoms. The van der Waals surface area contributed by atoms with Gasteiger partial charge in [-0.05, 0) is 43.6 Å². The number of hydrogen-bond donors (Lipinski definition) is 3. The number of piperazine rings is 1. The molecule has 1 aliphatic heterocycles. The van der Waals surface area contributed by atoms with Crippen LogP contribution in [0.3, 0.4) is 0 Å². The summed E-state index contributed by atoms with van der Waals surface area (Å²) in [5.74, 6) is 0.419. The standard InChI is InChI=1S/C19H27N7O2S/c1-4-21-19(28)23-17-11-14(29-24-17)12-25-7-9-26(10-8-25)16-6-5-15(18(27)20-3)22-13(16)2/h5-6,11H,4,7-10,12H2,1-3H3,(H,20,27)(H2,21,23,24,28). The molecule has 29 heavy (non-hydrogen) atoms. The monoisotopic (exact) mass is 417 g/mol. The molecule has 0 aromatic carbocycles. The quantitative estimate of drug-likeness (QED) is 0.661. The third kappa shape index (κ3) is 5.42. The van der Waals surface area contributed by atoms with Gasteiger partial charge < -0.3 is 15.5 Å². The van der Waals surface area contributed by atoms with Gasteiger partial charge in [0.25, 0.3) is 5.91 Å². The van der Waals surface area contributed by atoms with Crippen molar-refractivity contribution >= 4 is 35.0 Å². The number of hydrogen-bond acceptors (Lipinski definition) is 7. The number of nitrogens with zero attached hydrogens (tertiary/aromatic N) is 4. The van der Waals surface area contributed by atoms with E-state index in [2.05, 4.69) is 35.1 Å². The van der Waals surface area contributed by atoms with Gasteiger partial charge in [0.05, 0.1) is 11.4 Å². The highest BCUT2D eigenvalue weighted by atomic mass is 32.1. The van der Waals surface area contributed by atoms with E-state index in [0.29, 0.717) is 18.1 Å². The van der Waals surface area contributed by atoms with Crippen LogP contribution < -0.4 is 20.9 Å². The van der Waals surface area contributed by atoms with Gasteiger partial charge in [0.2, 0.25) is 0 Å². The Morgan fingerprint density at radius 1 is 1.21 bits per heavy atom. The molecule has 3 amide bonds. The molecule has 0 spiro atoms. The van der Waals surface area contributed by atoms with Crippen LogP contribution >= 0.6 is 11.5 Å². The highest BCUT2D eigenvalue weighted by Crippen LogP contribution is 2.22. The fourth-order valence-corrected chi connectivity index (χ4v) is 4.00. The van der Waals surface area contributed by atoms with Crippen molar-refractivity contribution in [2.45, 2.75) is 20.4 Å². The minimum Gasteiger partial charge on any atom is -0.368 e. The number of pyridine rings is 1. The molecule has 9 nitrogen and oxygen atoms in total. The Bertz CT molecular complexity index is 862. The van der Waals surface area contributed by atoms with Crippen LogP contribution in [-0.4, -0.2) is 66.0 Å². The Labute approximate surface area is 174 Å². The van der Waals surface area contributed by atoms with Crippen LogP contribution in [0.4, 0.5) is 16.3 Å². The summed E-state index contributed by atoms with van der Waals surface area (Å²) in [6.45, 7) is 8.84. The topological polar surface area (TPSA) is 102 Å². The van der Waals surface area contributed by atoms with Gasteiger partial charge in [-0.3, -0.25) is 15.0 Å². The van der Waals surface area contributed by atoms with Crippen molar-refractivity contribution in [1.82, 2.24) is 24.9 Å². The maximum atomic E-state index is 11.7. The van der Waals surface area contributed by atoms with E-state index in [9.17, 15) is 9.59 Å². The van der Waals surface area contributed by atoms with Crippen LogP contribution in [0.15, 0.2) is 18.2 Å². The van der Waals surface area contributed by atoms with Gasteiger partial charge in [0.1, 0.15) is 11.5 Å². The van der Waals surface area contributed by atoms with Gasteiger partial charge in [0, 0.05) is 51.2 Å². The van der Waals surface area contributed by atoms with E-state index in [1.807, 2.05) is 26.0 Å². The van der Waals surface area contributed by atoms with Crippen LogP contribution in [0.1, 0.15) is 28.0 Å². The minimum absolute atomic E-state index is 0.171. The van der Waals surface area contributed by atoms with Crippen molar-refractivity contribution in [3.8, 4) is 0 Å². The van der Waals surface area contributed by atoms with Crippen molar-refractivity contribution in [1.29, 1.82) is 0 Å². The smallest absolute Gasteiger partial charge is 0.320 e. The third-order valence-corrected chi connectivity index (χ3v) is 5.52. The second-order valence-electron chi connectivity index (χ2n) is 6.81. The number of anilines is 2. The molecule has 156 valence electrons. The number of amides is 3. The lowest BCUT2D eigenvalue weighted by Crippen LogP contribution is -2.46. The normalized spacial score (nSPS) is 14.5. The van der Waals surface area contributed by atoms with Crippen LogP contribution in [0.2, 0.25) is 0 Å². The molecule has 3 rings (SSSR count). The molecule has 0 saturated carbocycles. The molecule has 1 aliphatic rings. The number of aryl methyl sites for hydroxylation is 1. The number of aromatic nitrogens is 2. The first kappa shape index (κ1) is 21.0. The Kier molecular flexibility index (Phi) is 6.99. The summed E-state index contributed by atoms with van der Waals surface area (Å²) >= 11 is 1.41. The van der Waals surface area contributed by atoms with E-state index in [4.69, 9.17) is 0 Å². The molecule has 0 aliphatic carbocycles. The third-order valence-electron chi connectivity index (χ3n) is 4.75. The van der Waals surface area contributed by atoms with Crippen LogP contribution in [0.5, 0.6) is 0 Å². The lowest BCUT2D eigenvalue weighted by atomic mass is 10.2. The predicted molar refractivity (Wildman–Crippen MR) is 115 cm³/mol. The lowest BCUT2D eigenvalue weighted by molar-refractivity contribution is 0.0958. The molecular weight excluding hydrogens is 390 g/mol. The molecule has 0 bridgehead atoms. The molecule has 0 atom stereocenters. The van der Waals surface area contributed by atoms with Crippen molar-refractivity contribution in [2.75, 3.05) is 50.0 Å². The number of rotatable bonds is 6. The van der Waals surface area contributed by atoms with Gasteiger partial charge in [-0.2, -0.15) is 4.37 Å². The van der Waals surface area contributed by atoms with Gasteiger partial charge in [-0.15, -0.1) is 0 Å². The summed E-state index contributed by atoms with van der Waals surface area (Å²) in [5.41, 5.74) is 2.38. The molecule has 0 unspecified atom stereocenters. The Morgan fingerprint density at radius 3 is 2.62 bits per heavy atom. The van der Waals surface area contributed by atoms with Crippen molar-refractivity contribution in [2.24, 2.45) is 0 Å². The zero-order chi connectivity index (χ0) is 20.8. The SMILES string of the molecule is CCNC(=O)Nc1cc(CN2CCN(c3ccc(C(=O)NC)nc3C)CC2)sn1. The predicted octanol–water partition coefficient (Wildman–Crippen LogP) is 1.67. The Balaban J connectivity index is 1.53. The average molecular weight is 418 g/mol.